The summed E-state index contributed by atoms with van der Waals surface area (Å²) in [7, 11) is 0. The van der Waals surface area contributed by atoms with Gasteiger partial charge in [-0.3, -0.25) is 14.9 Å². The van der Waals surface area contributed by atoms with E-state index in [0.717, 1.165) is 16.9 Å². The molecule has 1 aromatic heterocycles. The fraction of sp³-hybridized carbons (Fsp3) is 0.333. The number of ether oxygens (including phenoxy) is 2. The standard InChI is InChI=1S/C18H19N3O5S/c1-18(2,3)11-4-6-13-14(8-11)26-15(10-25-13)17(22)20-19-9-12-5-7-16(27-12)21(23)24/h4-9,15H,10H2,1-3H3,(H,20,22)/b19-9+/t15-/m1/s1. The topological polar surface area (TPSA) is 103 Å². The largest absolute Gasteiger partial charge is 0.485 e. The molecule has 1 aromatic carbocycles. The zero-order chi connectivity index (χ0) is 19.6. The summed E-state index contributed by atoms with van der Waals surface area (Å²) in [5, 5.41) is 14.5. The van der Waals surface area contributed by atoms with Crippen molar-refractivity contribution >= 4 is 28.5 Å². The summed E-state index contributed by atoms with van der Waals surface area (Å²) in [6.07, 6.45) is 0.521. The van der Waals surface area contributed by atoms with Gasteiger partial charge in [0.25, 0.3) is 5.91 Å². The molecule has 0 saturated heterocycles. The lowest BCUT2D eigenvalue weighted by Gasteiger charge is -2.27. The number of nitrogens with zero attached hydrogens (tertiary/aromatic N) is 2. The molecule has 0 fully saturated rings. The highest BCUT2D eigenvalue weighted by Crippen LogP contribution is 2.36. The SMILES string of the molecule is CC(C)(C)c1ccc2c(c1)O[C@@H](C(=O)N/N=C/c1ccc([N+](=O)[O-])s1)CO2. The van der Waals surface area contributed by atoms with E-state index in [-0.39, 0.29) is 17.0 Å². The lowest BCUT2D eigenvalue weighted by Crippen LogP contribution is -2.42. The van der Waals surface area contributed by atoms with Crippen molar-refractivity contribution in [2.75, 3.05) is 6.61 Å². The molecule has 0 bridgehead atoms. The molecule has 27 heavy (non-hydrogen) atoms. The molecule has 0 unspecified atom stereocenters. The van der Waals surface area contributed by atoms with E-state index in [4.69, 9.17) is 9.47 Å². The van der Waals surface area contributed by atoms with Crippen LogP contribution >= 0.6 is 11.3 Å². The third-order valence-electron chi connectivity index (χ3n) is 3.92. The Labute approximate surface area is 159 Å². The first-order valence-electron chi connectivity index (χ1n) is 8.25. The lowest BCUT2D eigenvalue weighted by molar-refractivity contribution is -0.380. The minimum atomic E-state index is -0.831. The zero-order valence-electron chi connectivity index (χ0n) is 15.1. The summed E-state index contributed by atoms with van der Waals surface area (Å²) in [5.41, 5.74) is 3.40. The normalized spacial score (nSPS) is 16.3. The molecule has 1 aliphatic rings. The van der Waals surface area contributed by atoms with Crippen LogP contribution in [-0.2, 0) is 10.2 Å². The van der Waals surface area contributed by atoms with Crippen molar-refractivity contribution in [3.8, 4) is 11.5 Å². The van der Waals surface area contributed by atoms with Crippen LogP contribution in [0.1, 0.15) is 31.2 Å². The molecule has 2 heterocycles. The predicted octanol–water partition coefficient (Wildman–Crippen LogP) is 3.24. The number of amides is 1. The number of hydrogen-bond acceptors (Lipinski definition) is 7. The number of thiophene rings is 1. The number of hydrogen-bond donors (Lipinski definition) is 1. The van der Waals surface area contributed by atoms with Gasteiger partial charge < -0.3 is 9.47 Å². The molecule has 0 spiro atoms. The van der Waals surface area contributed by atoms with Crippen molar-refractivity contribution < 1.29 is 19.2 Å². The number of nitrogens with one attached hydrogen (secondary N) is 1. The van der Waals surface area contributed by atoms with Crippen LogP contribution in [0.5, 0.6) is 11.5 Å². The molecule has 0 saturated carbocycles. The van der Waals surface area contributed by atoms with E-state index >= 15 is 0 Å². The molecule has 0 aliphatic carbocycles. The van der Waals surface area contributed by atoms with Gasteiger partial charge in [0, 0.05) is 6.07 Å². The molecule has 1 aliphatic heterocycles. The summed E-state index contributed by atoms with van der Waals surface area (Å²) in [4.78, 5) is 23.0. The van der Waals surface area contributed by atoms with Gasteiger partial charge in [-0.25, -0.2) is 5.43 Å². The average molecular weight is 389 g/mol. The van der Waals surface area contributed by atoms with Gasteiger partial charge in [-0.15, -0.1) is 0 Å². The van der Waals surface area contributed by atoms with E-state index in [1.54, 1.807) is 6.07 Å². The Morgan fingerprint density at radius 2 is 2.11 bits per heavy atom. The average Bonchev–Trinajstić information content (AvgIpc) is 3.09. The Bertz CT molecular complexity index is 901. The maximum absolute atomic E-state index is 12.3. The third-order valence-corrected chi connectivity index (χ3v) is 4.89. The Morgan fingerprint density at radius 1 is 1.33 bits per heavy atom. The number of carbonyl (C=O) groups excluding carboxylic acids is 1. The van der Waals surface area contributed by atoms with Gasteiger partial charge in [-0.2, -0.15) is 5.10 Å². The van der Waals surface area contributed by atoms with E-state index < -0.39 is 16.9 Å². The van der Waals surface area contributed by atoms with Crippen LogP contribution in [0.25, 0.3) is 0 Å². The van der Waals surface area contributed by atoms with E-state index in [1.165, 1.54) is 12.3 Å². The molecular weight excluding hydrogens is 370 g/mol. The minimum absolute atomic E-state index is 0.0121. The highest BCUT2D eigenvalue weighted by Gasteiger charge is 2.28. The molecular formula is C18H19N3O5S. The quantitative estimate of drug-likeness (QED) is 0.491. The molecule has 3 rings (SSSR count). The fourth-order valence-electron chi connectivity index (χ4n) is 2.41. The molecule has 1 N–H and O–H groups in total. The number of benzene rings is 1. The van der Waals surface area contributed by atoms with Crippen LogP contribution in [0.3, 0.4) is 0 Å². The highest BCUT2D eigenvalue weighted by atomic mass is 32.1. The Hall–Kier alpha value is -2.94. The summed E-state index contributed by atoms with van der Waals surface area (Å²) in [5.74, 6) is 0.664. The van der Waals surface area contributed by atoms with Crippen molar-refractivity contribution in [2.45, 2.75) is 32.3 Å². The van der Waals surface area contributed by atoms with Crippen LogP contribution in [0.2, 0.25) is 0 Å². The zero-order valence-corrected chi connectivity index (χ0v) is 15.9. The molecule has 9 heteroatoms. The second kappa shape index (κ2) is 7.36. The molecule has 0 radical (unpaired) electrons. The summed E-state index contributed by atoms with van der Waals surface area (Å²) >= 11 is 0.967. The first-order valence-corrected chi connectivity index (χ1v) is 9.07. The third kappa shape index (κ3) is 4.43. The van der Waals surface area contributed by atoms with Crippen molar-refractivity contribution in [3.05, 3.63) is 50.9 Å². The van der Waals surface area contributed by atoms with Crippen LogP contribution in [0, 0.1) is 10.1 Å². The van der Waals surface area contributed by atoms with Gasteiger partial charge in [0.05, 0.1) is 16.0 Å². The number of nitro groups is 1. The van der Waals surface area contributed by atoms with Gasteiger partial charge >= 0.3 is 5.00 Å². The lowest BCUT2D eigenvalue weighted by atomic mass is 9.87. The van der Waals surface area contributed by atoms with E-state index in [1.807, 2.05) is 18.2 Å². The molecule has 1 atom stereocenters. The molecule has 142 valence electrons. The van der Waals surface area contributed by atoms with Gasteiger partial charge in [-0.05, 0) is 29.2 Å². The smallest absolute Gasteiger partial charge is 0.324 e. The number of rotatable bonds is 4. The Balaban J connectivity index is 1.63. The predicted molar refractivity (Wildman–Crippen MR) is 102 cm³/mol. The second-order valence-corrected chi connectivity index (χ2v) is 8.09. The van der Waals surface area contributed by atoms with E-state index in [9.17, 15) is 14.9 Å². The van der Waals surface area contributed by atoms with Gasteiger partial charge in [0.1, 0.15) is 6.61 Å². The van der Waals surface area contributed by atoms with Crippen molar-refractivity contribution in [1.82, 2.24) is 5.43 Å². The summed E-state index contributed by atoms with van der Waals surface area (Å²) < 4.78 is 11.4. The Kier molecular flexibility index (Phi) is 5.13. The highest BCUT2D eigenvalue weighted by molar-refractivity contribution is 7.16. The maximum Gasteiger partial charge on any atom is 0.324 e. The number of hydrazone groups is 1. The number of fused-ring (bicyclic) bond motifs is 1. The summed E-state index contributed by atoms with van der Waals surface area (Å²) in [6, 6.07) is 8.64. The van der Waals surface area contributed by atoms with Crippen molar-refractivity contribution in [2.24, 2.45) is 5.10 Å². The van der Waals surface area contributed by atoms with E-state index in [2.05, 4.69) is 31.3 Å². The molecule has 2 aromatic rings. The monoisotopic (exact) mass is 389 g/mol. The van der Waals surface area contributed by atoms with Crippen molar-refractivity contribution in [1.29, 1.82) is 0 Å². The fourth-order valence-corrected chi connectivity index (χ4v) is 3.10. The first-order chi connectivity index (χ1) is 12.7. The molecule has 1 amide bonds. The van der Waals surface area contributed by atoms with Gasteiger partial charge in [0.15, 0.2) is 11.5 Å². The van der Waals surface area contributed by atoms with Crippen molar-refractivity contribution in [3.63, 3.8) is 0 Å². The molecule has 8 nitrogen and oxygen atoms in total. The maximum atomic E-state index is 12.3. The van der Waals surface area contributed by atoms with Crippen LogP contribution in [-0.4, -0.2) is 29.8 Å². The van der Waals surface area contributed by atoms with Crippen LogP contribution in [0.4, 0.5) is 5.00 Å². The minimum Gasteiger partial charge on any atom is -0.485 e. The first kappa shape index (κ1) is 18.8. The van der Waals surface area contributed by atoms with Crippen LogP contribution in [0.15, 0.2) is 35.4 Å². The van der Waals surface area contributed by atoms with Gasteiger partial charge in [-0.1, -0.05) is 38.2 Å². The number of carbonyl (C=O) groups is 1. The van der Waals surface area contributed by atoms with E-state index in [0.29, 0.717) is 16.4 Å². The van der Waals surface area contributed by atoms with Gasteiger partial charge in [0.2, 0.25) is 6.10 Å². The Morgan fingerprint density at radius 3 is 2.78 bits per heavy atom. The van der Waals surface area contributed by atoms with Crippen LogP contribution < -0.4 is 14.9 Å². The second-order valence-electron chi connectivity index (χ2n) is 7.00. The summed E-state index contributed by atoms with van der Waals surface area (Å²) in [6.45, 7) is 6.35.